The molecule has 0 unspecified atom stereocenters. The SMILES string of the molecule is Cc1cccc(NS(=O)(=O)c2sc(=O)[nH]c2C)c1. The van der Waals surface area contributed by atoms with E-state index >= 15 is 0 Å². The van der Waals surface area contributed by atoms with E-state index in [1.165, 1.54) is 0 Å². The summed E-state index contributed by atoms with van der Waals surface area (Å²) in [6.45, 7) is 3.43. The third-order valence-corrected chi connectivity index (χ3v) is 5.28. The lowest BCUT2D eigenvalue weighted by Crippen LogP contribution is -2.12. The Hall–Kier alpha value is -1.60. The second-order valence-electron chi connectivity index (χ2n) is 3.90. The van der Waals surface area contributed by atoms with Crippen LogP contribution in [0.15, 0.2) is 33.3 Å². The van der Waals surface area contributed by atoms with Crippen molar-refractivity contribution in [1.82, 2.24) is 4.98 Å². The lowest BCUT2D eigenvalue weighted by atomic mass is 10.2. The van der Waals surface area contributed by atoms with Crippen molar-refractivity contribution in [2.75, 3.05) is 4.72 Å². The molecule has 2 aromatic rings. The summed E-state index contributed by atoms with van der Waals surface area (Å²) >= 11 is 0.683. The van der Waals surface area contributed by atoms with Crippen LogP contribution in [-0.4, -0.2) is 13.4 Å². The van der Waals surface area contributed by atoms with Gasteiger partial charge in [-0.1, -0.05) is 23.5 Å². The van der Waals surface area contributed by atoms with Gasteiger partial charge < -0.3 is 4.98 Å². The predicted octanol–water partition coefficient (Wildman–Crippen LogP) is 1.85. The minimum Gasteiger partial charge on any atom is -0.315 e. The molecule has 0 aliphatic carbocycles. The van der Waals surface area contributed by atoms with Crippen LogP contribution in [0.25, 0.3) is 0 Å². The molecular weight excluding hydrogens is 272 g/mol. The van der Waals surface area contributed by atoms with E-state index in [9.17, 15) is 13.2 Å². The summed E-state index contributed by atoms with van der Waals surface area (Å²) in [5.74, 6) is 0. The molecule has 5 nitrogen and oxygen atoms in total. The smallest absolute Gasteiger partial charge is 0.306 e. The van der Waals surface area contributed by atoms with Gasteiger partial charge >= 0.3 is 4.87 Å². The van der Waals surface area contributed by atoms with Gasteiger partial charge in [-0.2, -0.15) is 0 Å². The zero-order valence-corrected chi connectivity index (χ0v) is 11.5. The van der Waals surface area contributed by atoms with Crippen molar-refractivity contribution in [2.24, 2.45) is 0 Å². The number of hydrogen-bond acceptors (Lipinski definition) is 4. The van der Waals surface area contributed by atoms with Crippen LogP contribution in [0.4, 0.5) is 5.69 Å². The molecular formula is C11H12N2O3S2. The van der Waals surface area contributed by atoms with Crippen LogP contribution in [-0.2, 0) is 10.0 Å². The van der Waals surface area contributed by atoms with E-state index in [2.05, 4.69) is 9.71 Å². The number of benzene rings is 1. The molecule has 96 valence electrons. The number of H-pyrrole nitrogens is 1. The minimum atomic E-state index is -3.70. The van der Waals surface area contributed by atoms with Crippen molar-refractivity contribution in [1.29, 1.82) is 0 Å². The van der Waals surface area contributed by atoms with Crippen LogP contribution in [0.1, 0.15) is 11.3 Å². The molecule has 18 heavy (non-hydrogen) atoms. The normalized spacial score (nSPS) is 11.4. The molecule has 2 rings (SSSR count). The summed E-state index contributed by atoms with van der Waals surface area (Å²) in [7, 11) is -3.70. The summed E-state index contributed by atoms with van der Waals surface area (Å²) in [6.07, 6.45) is 0. The maximum absolute atomic E-state index is 12.1. The molecule has 0 aliphatic heterocycles. The van der Waals surface area contributed by atoms with Crippen LogP contribution in [0.3, 0.4) is 0 Å². The van der Waals surface area contributed by atoms with Crippen molar-refractivity contribution in [3.05, 3.63) is 45.2 Å². The first-order valence-corrected chi connectivity index (χ1v) is 7.47. The first-order chi connectivity index (χ1) is 8.38. The van der Waals surface area contributed by atoms with Gasteiger partial charge in [0.25, 0.3) is 10.0 Å². The largest absolute Gasteiger partial charge is 0.315 e. The number of aromatic amines is 1. The van der Waals surface area contributed by atoms with E-state index in [0.29, 0.717) is 22.7 Å². The molecule has 0 saturated heterocycles. The van der Waals surface area contributed by atoms with Gasteiger partial charge in [0, 0.05) is 11.4 Å². The zero-order valence-electron chi connectivity index (χ0n) is 9.85. The fraction of sp³-hybridized carbons (Fsp3) is 0.182. The van der Waals surface area contributed by atoms with E-state index in [-0.39, 0.29) is 9.08 Å². The molecule has 0 bridgehead atoms. The number of sulfonamides is 1. The summed E-state index contributed by atoms with van der Waals surface area (Å²) in [4.78, 5) is 13.2. The number of thiazole rings is 1. The summed E-state index contributed by atoms with van der Waals surface area (Å²) in [5.41, 5.74) is 1.79. The van der Waals surface area contributed by atoms with Gasteiger partial charge in [-0.3, -0.25) is 9.52 Å². The molecule has 0 aliphatic rings. The highest BCUT2D eigenvalue weighted by Crippen LogP contribution is 2.20. The number of hydrogen-bond donors (Lipinski definition) is 2. The van der Waals surface area contributed by atoms with E-state index in [1.54, 1.807) is 25.1 Å². The summed E-state index contributed by atoms with van der Waals surface area (Å²) in [6, 6.07) is 7.02. The highest BCUT2D eigenvalue weighted by Gasteiger charge is 2.20. The topological polar surface area (TPSA) is 79.0 Å². The molecule has 7 heteroatoms. The van der Waals surface area contributed by atoms with Gasteiger partial charge in [0.15, 0.2) is 4.21 Å². The first kappa shape index (κ1) is 12.8. The van der Waals surface area contributed by atoms with E-state index in [0.717, 1.165) is 5.56 Å². The Morgan fingerprint density at radius 3 is 2.56 bits per heavy atom. The van der Waals surface area contributed by atoms with Crippen LogP contribution in [0.2, 0.25) is 0 Å². The third kappa shape index (κ3) is 2.62. The number of nitrogens with one attached hydrogen (secondary N) is 2. The molecule has 1 heterocycles. The van der Waals surface area contributed by atoms with Crippen molar-refractivity contribution >= 4 is 27.0 Å². The predicted molar refractivity (Wildman–Crippen MR) is 71.7 cm³/mol. The molecule has 0 atom stereocenters. The van der Waals surface area contributed by atoms with Crippen molar-refractivity contribution in [2.45, 2.75) is 18.1 Å². The van der Waals surface area contributed by atoms with Gasteiger partial charge in [-0.25, -0.2) is 8.42 Å². The average Bonchev–Trinajstić information content (AvgIpc) is 2.58. The lowest BCUT2D eigenvalue weighted by molar-refractivity contribution is 0.602. The summed E-state index contributed by atoms with van der Waals surface area (Å²) < 4.78 is 26.7. The van der Waals surface area contributed by atoms with Gasteiger partial charge in [-0.05, 0) is 31.5 Å². The zero-order chi connectivity index (χ0) is 13.3. The molecule has 0 spiro atoms. The van der Waals surface area contributed by atoms with Crippen LogP contribution >= 0.6 is 11.3 Å². The average molecular weight is 284 g/mol. The summed E-state index contributed by atoms with van der Waals surface area (Å²) in [5, 5.41) is 0. The first-order valence-electron chi connectivity index (χ1n) is 5.18. The van der Waals surface area contributed by atoms with Gasteiger partial charge in [0.1, 0.15) is 0 Å². The van der Waals surface area contributed by atoms with Crippen molar-refractivity contribution in [3.8, 4) is 0 Å². The molecule has 0 fully saturated rings. The second-order valence-corrected chi connectivity index (χ2v) is 6.76. The van der Waals surface area contributed by atoms with E-state index in [4.69, 9.17) is 0 Å². The lowest BCUT2D eigenvalue weighted by Gasteiger charge is -2.07. The Kier molecular flexibility index (Phi) is 3.27. The van der Waals surface area contributed by atoms with Crippen LogP contribution in [0, 0.1) is 13.8 Å². The maximum atomic E-state index is 12.1. The molecule has 2 N–H and O–H groups in total. The van der Waals surface area contributed by atoms with Gasteiger partial charge in [0.05, 0.1) is 0 Å². The van der Waals surface area contributed by atoms with Gasteiger partial charge in [0.2, 0.25) is 0 Å². The van der Waals surface area contributed by atoms with Crippen LogP contribution < -0.4 is 9.60 Å². The molecule has 0 radical (unpaired) electrons. The second kappa shape index (κ2) is 4.58. The third-order valence-electron chi connectivity index (χ3n) is 2.30. The molecule has 1 aromatic carbocycles. The number of rotatable bonds is 3. The maximum Gasteiger partial charge on any atom is 0.306 e. The Bertz CT molecular complexity index is 729. The minimum absolute atomic E-state index is 0.0222. The highest BCUT2D eigenvalue weighted by atomic mass is 32.2. The number of aryl methyl sites for hydroxylation is 2. The molecule has 1 aromatic heterocycles. The quantitative estimate of drug-likeness (QED) is 0.902. The van der Waals surface area contributed by atoms with Crippen LogP contribution in [0.5, 0.6) is 0 Å². The number of aromatic nitrogens is 1. The molecule has 0 saturated carbocycles. The Morgan fingerprint density at radius 2 is 2.00 bits per heavy atom. The van der Waals surface area contributed by atoms with Gasteiger partial charge in [-0.15, -0.1) is 0 Å². The Labute approximate surface area is 109 Å². The van der Waals surface area contributed by atoms with Crippen molar-refractivity contribution in [3.63, 3.8) is 0 Å². The highest BCUT2D eigenvalue weighted by molar-refractivity contribution is 7.94. The van der Waals surface area contributed by atoms with Crippen molar-refractivity contribution < 1.29 is 8.42 Å². The van der Waals surface area contributed by atoms with E-state index < -0.39 is 10.0 Å². The standard InChI is InChI=1S/C11H12N2O3S2/c1-7-4-3-5-9(6-7)13-18(15,16)10-8(2)12-11(14)17-10/h3-6,13H,1-2H3,(H,12,14). The fourth-order valence-electron chi connectivity index (χ4n) is 1.56. The van der Waals surface area contributed by atoms with E-state index in [1.807, 2.05) is 13.0 Å². The number of anilines is 1. The monoisotopic (exact) mass is 284 g/mol. The molecule has 0 amide bonds. The Morgan fingerprint density at radius 1 is 1.28 bits per heavy atom. The Balaban J connectivity index is 2.39. The fourth-order valence-corrected chi connectivity index (χ4v) is 3.91.